The first-order chi connectivity index (χ1) is 16.7. The lowest BCUT2D eigenvalue weighted by Crippen LogP contribution is -2.66. The van der Waals surface area contributed by atoms with E-state index in [0.29, 0.717) is 41.3 Å². The van der Waals surface area contributed by atoms with Gasteiger partial charge in [-0.25, -0.2) is 0 Å². The van der Waals surface area contributed by atoms with Crippen molar-refractivity contribution in [2.45, 2.75) is 133 Å². The highest BCUT2D eigenvalue weighted by atomic mass is 32.2. The van der Waals surface area contributed by atoms with E-state index in [1.807, 2.05) is 0 Å². The molecule has 3 aliphatic carbocycles. The van der Waals surface area contributed by atoms with Crippen molar-refractivity contribution in [3.63, 3.8) is 0 Å². The first-order valence-electron chi connectivity index (χ1n) is 14.5. The first-order valence-corrected chi connectivity index (χ1v) is 19.5. The smallest absolute Gasteiger partial charge is 0.306 e. The Morgan fingerprint density at radius 2 is 1.78 bits per heavy atom. The fraction of sp³-hybridized carbons (Fsp3) is 0.966. The van der Waals surface area contributed by atoms with Crippen molar-refractivity contribution in [2.75, 3.05) is 11.5 Å². The third kappa shape index (κ3) is 4.28. The van der Waals surface area contributed by atoms with Gasteiger partial charge in [-0.05, 0) is 97.8 Å². The molecule has 2 saturated heterocycles. The standard InChI is InChI=1S/C29H50O4S2Si/c1-26(2,3)36(6,7)33-23-10-9-20-19-17-22(30)29(14-12-24(31)32-29)28(5,18-25-34-15-8-16-35-25)21(19)11-13-27(20,23)4/h19-23,25,30H,8-18H2,1-7H3/t19-,20-,21-,22+,23-,27-,28+,29-/m0/s1. The number of hydrogen-bond acceptors (Lipinski definition) is 6. The molecule has 1 spiro atoms. The summed E-state index contributed by atoms with van der Waals surface area (Å²) in [5.41, 5.74) is -0.696. The van der Waals surface area contributed by atoms with Crippen LogP contribution < -0.4 is 0 Å². The molecule has 36 heavy (non-hydrogen) atoms. The molecule has 0 aromatic rings. The van der Waals surface area contributed by atoms with Gasteiger partial charge < -0.3 is 14.3 Å². The van der Waals surface area contributed by atoms with Gasteiger partial charge in [-0.15, -0.1) is 23.5 Å². The van der Waals surface area contributed by atoms with Crippen LogP contribution in [0, 0.1) is 28.6 Å². The molecule has 0 radical (unpaired) electrons. The summed E-state index contributed by atoms with van der Waals surface area (Å²) in [4.78, 5) is 12.5. The third-order valence-corrected chi connectivity index (χ3v) is 19.3. The Morgan fingerprint density at radius 3 is 2.39 bits per heavy atom. The van der Waals surface area contributed by atoms with Gasteiger partial charge in [0.05, 0.1) is 16.8 Å². The minimum atomic E-state index is -1.85. The second-order valence-corrected chi connectivity index (χ2v) is 22.3. The summed E-state index contributed by atoms with van der Waals surface area (Å²) >= 11 is 4.18. The summed E-state index contributed by atoms with van der Waals surface area (Å²) in [6, 6.07) is 0. The second kappa shape index (κ2) is 9.45. The van der Waals surface area contributed by atoms with Crippen LogP contribution in [0.4, 0.5) is 0 Å². The van der Waals surface area contributed by atoms with Crippen LogP contribution >= 0.6 is 23.5 Å². The molecule has 0 bridgehead atoms. The fourth-order valence-electron chi connectivity index (χ4n) is 8.78. The zero-order valence-electron chi connectivity index (χ0n) is 23.7. The van der Waals surface area contributed by atoms with Gasteiger partial charge >= 0.3 is 5.97 Å². The number of rotatable bonds is 4. The van der Waals surface area contributed by atoms with Crippen molar-refractivity contribution in [1.82, 2.24) is 0 Å². The lowest BCUT2D eigenvalue weighted by Gasteiger charge is -2.63. The van der Waals surface area contributed by atoms with Gasteiger partial charge in [0.1, 0.15) is 5.60 Å². The Balaban J connectivity index is 1.45. The summed E-state index contributed by atoms with van der Waals surface area (Å²) in [5.74, 6) is 3.92. The number of esters is 1. The number of aliphatic hydroxyl groups is 1. The van der Waals surface area contributed by atoms with Gasteiger partial charge in [0.2, 0.25) is 0 Å². The molecule has 5 aliphatic rings. The highest BCUT2D eigenvalue weighted by Gasteiger charge is 2.70. The summed E-state index contributed by atoms with van der Waals surface area (Å²) < 4.78 is 13.9. The van der Waals surface area contributed by atoms with Gasteiger partial charge in [0, 0.05) is 18.3 Å². The number of aliphatic hydroxyl groups excluding tert-OH is 1. The summed E-state index contributed by atoms with van der Waals surface area (Å²) in [7, 11) is -1.85. The van der Waals surface area contributed by atoms with Crippen LogP contribution in [0.5, 0.6) is 0 Å². The molecule has 0 unspecified atom stereocenters. The highest BCUT2D eigenvalue weighted by molar-refractivity contribution is 8.17. The first kappa shape index (κ1) is 27.9. The SMILES string of the molecule is CC(C)(C)[Si](C)(C)O[C@H]1CC[C@H]2[C@@H]3C[C@@H](O)[C@@]4(CCC(=O)O4)[C@](C)(CC4SCCCS4)[C@H]3CC[C@]12C. The molecule has 0 aromatic carbocycles. The molecule has 8 atom stereocenters. The fourth-order valence-corrected chi connectivity index (χ4v) is 13.5. The third-order valence-electron chi connectivity index (χ3n) is 11.9. The number of ether oxygens (including phenoxy) is 1. The van der Waals surface area contributed by atoms with Gasteiger partial charge in [-0.1, -0.05) is 34.6 Å². The Labute approximate surface area is 229 Å². The quantitative estimate of drug-likeness (QED) is 0.292. The average molecular weight is 555 g/mol. The van der Waals surface area contributed by atoms with Crippen molar-refractivity contribution >= 4 is 37.8 Å². The predicted molar refractivity (Wildman–Crippen MR) is 154 cm³/mol. The molecular formula is C29H50O4S2Si. The number of hydrogen-bond donors (Lipinski definition) is 1. The van der Waals surface area contributed by atoms with E-state index < -0.39 is 20.0 Å². The Kier molecular flexibility index (Phi) is 7.31. The van der Waals surface area contributed by atoms with Crippen LogP contribution in [0.3, 0.4) is 0 Å². The van der Waals surface area contributed by atoms with E-state index in [0.717, 1.165) is 19.3 Å². The van der Waals surface area contributed by atoms with Crippen LogP contribution in [-0.4, -0.2) is 53.3 Å². The summed E-state index contributed by atoms with van der Waals surface area (Å²) in [6.07, 6.45) is 8.75. The van der Waals surface area contributed by atoms with Crippen molar-refractivity contribution in [1.29, 1.82) is 0 Å². The van der Waals surface area contributed by atoms with E-state index in [9.17, 15) is 9.90 Å². The maximum absolute atomic E-state index is 12.5. The number of carbonyl (C=O) groups excluding carboxylic acids is 1. The van der Waals surface area contributed by atoms with Crippen LogP contribution in [0.2, 0.25) is 18.1 Å². The molecule has 0 amide bonds. The van der Waals surface area contributed by atoms with E-state index in [1.165, 1.54) is 37.2 Å². The molecule has 4 nitrogen and oxygen atoms in total. The Hall–Kier alpha value is 0.307. The van der Waals surface area contributed by atoms with Crippen molar-refractivity contribution in [3.8, 4) is 0 Å². The Bertz CT molecular complexity index is 855. The van der Waals surface area contributed by atoms with Crippen molar-refractivity contribution in [2.24, 2.45) is 28.6 Å². The largest absolute Gasteiger partial charge is 0.456 e. The second-order valence-electron chi connectivity index (χ2n) is 14.6. The van der Waals surface area contributed by atoms with Crippen LogP contribution in [0.25, 0.3) is 0 Å². The Morgan fingerprint density at radius 1 is 1.08 bits per heavy atom. The molecule has 5 fully saturated rings. The average Bonchev–Trinajstić information content (AvgIpc) is 3.34. The minimum absolute atomic E-state index is 0.105. The summed E-state index contributed by atoms with van der Waals surface area (Å²) in [5, 5.41) is 12.0. The van der Waals surface area contributed by atoms with Crippen LogP contribution in [0.15, 0.2) is 0 Å². The van der Waals surface area contributed by atoms with E-state index in [2.05, 4.69) is 71.2 Å². The predicted octanol–water partition coefficient (Wildman–Crippen LogP) is 7.25. The van der Waals surface area contributed by atoms with Gasteiger partial charge in [-0.2, -0.15) is 0 Å². The van der Waals surface area contributed by atoms with E-state index in [-0.39, 0.29) is 21.8 Å². The monoisotopic (exact) mass is 554 g/mol. The maximum Gasteiger partial charge on any atom is 0.306 e. The molecule has 5 rings (SSSR count). The molecule has 2 heterocycles. The number of thioether (sulfide) groups is 2. The molecule has 2 aliphatic heterocycles. The van der Waals surface area contributed by atoms with Gasteiger partial charge in [0.25, 0.3) is 0 Å². The topological polar surface area (TPSA) is 55.8 Å². The molecule has 7 heteroatoms. The van der Waals surface area contributed by atoms with Crippen molar-refractivity contribution in [3.05, 3.63) is 0 Å². The van der Waals surface area contributed by atoms with E-state index >= 15 is 0 Å². The van der Waals surface area contributed by atoms with Crippen LogP contribution in [0.1, 0.15) is 92.4 Å². The zero-order chi connectivity index (χ0) is 26.1. The molecule has 1 N–H and O–H groups in total. The van der Waals surface area contributed by atoms with E-state index in [4.69, 9.17) is 9.16 Å². The lowest BCUT2D eigenvalue weighted by atomic mass is 9.44. The molecular weight excluding hydrogens is 505 g/mol. The van der Waals surface area contributed by atoms with Crippen molar-refractivity contribution < 1.29 is 19.1 Å². The maximum atomic E-state index is 12.5. The van der Waals surface area contributed by atoms with Crippen LogP contribution in [-0.2, 0) is 14.0 Å². The molecule has 206 valence electrons. The normalized spacial score (nSPS) is 46.0. The highest BCUT2D eigenvalue weighted by Crippen LogP contribution is 2.69. The number of fused-ring (bicyclic) bond motifs is 3. The molecule has 0 aromatic heterocycles. The lowest BCUT2D eigenvalue weighted by molar-refractivity contribution is -0.240. The van der Waals surface area contributed by atoms with Gasteiger partial charge in [0.15, 0.2) is 8.32 Å². The summed E-state index contributed by atoms with van der Waals surface area (Å²) in [6.45, 7) is 16.7. The minimum Gasteiger partial charge on any atom is -0.456 e. The zero-order valence-corrected chi connectivity index (χ0v) is 26.4. The molecule has 3 saturated carbocycles. The van der Waals surface area contributed by atoms with E-state index in [1.54, 1.807) is 0 Å². The van der Waals surface area contributed by atoms with Gasteiger partial charge in [-0.3, -0.25) is 4.79 Å². The number of carbonyl (C=O) groups is 1.